The molecule has 2 aromatic rings. The van der Waals surface area contributed by atoms with Gasteiger partial charge in [-0.1, -0.05) is 55.8 Å². The van der Waals surface area contributed by atoms with Gasteiger partial charge in [0.25, 0.3) is 0 Å². The van der Waals surface area contributed by atoms with Gasteiger partial charge in [0.15, 0.2) is 0 Å². The topological polar surface area (TPSA) is 38.8 Å². The molecule has 3 rings (SSSR count). The molecule has 2 aromatic carbocycles. The average Bonchev–Trinajstić information content (AvgIpc) is 2.77. The largest absolute Gasteiger partial charge is 0.491 e. The Bertz CT molecular complexity index is 888. The van der Waals surface area contributed by atoms with Gasteiger partial charge >= 0.3 is 0 Å². The van der Waals surface area contributed by atoms with Crippen molar-refractivity contribution in [3.8, 4) is 5.75 Å². The molecule has 1 aliphatic rings. The summed E-state index contributed by atoms with van der Waals surface area (Å²) in [6.07, 6.45) is 3.33. The van der Waals surface area contributed by atoms with Crippen LogP contribution in [-0.4, -0.2) is 36.2 Å². The molecule has 1 amide bonds. The predicted octanol–water partition coefficient (Wildman–Crippen LogP) is 6.29. The summed E-state index contributed by atoms with van der Waals surface area (Å²) in [5.74, 6) is 1.46. The number of rotatable bonds is 9. The molecule has 0 saturated carbocycles. The van der Waals surface area contributed by atoms with Crippen molar-refractivity contribution in [3.05, 3.63) is 65.2 Å². The van der Waals surface area contributed by atoms with Crippen LogP contribution in [0.5, 0.6) is 5.75 Å². The van der Waals surface area contributed by atoms with E-state index in [9.17, 15) is 4.79 Å². The van der Waals surface area contributed by atoms with E-state index in [1.54, 1.807) is 6.92 Å². The zero-order valence-electron chi connectivity index (χ0n) is 21.3. The van der Waals surface area contributed by atoms with Crippen molar-refractivity contribution in [1.82, 2.24) is 4.90 Å². The Morgan fingerprint density at radius 1 is 1.09 bits per heavy atom. The molecule has 33 heavy (non-hydrogen) atoms. The highest BCUT2D eigenvalue weighted by Gasteiger charge is 2.39. The van der Waals surface area contributed by atoms with Gasteiger partial charge in [-0.2, -0.15) is 0 Å². The summed E-state index contributed by atoms with van der Waals surface area (Å²) in [5, 5.41) is 0. The fourth-order valence-electron chi connectivity index (χ4n) is 4.78. The Balaban J connectivity index is 1.77. The molecule has 1 aliphatic heterocycles. The highest BCUT2D eigenvalue weighted by Crippen LogP contribution is 2.42. The van der Waals surface area contributed by atoms with Crippen LogP contribution < -0.4 is 4.74 Å². The molecule has 1 fully saturated rings. The first kappa shape index (κ1) is 25.3. The van der Waals surface area contributed by atoms with Gasteiger partial charge in [0.05, 0.1) is 12.2 Å². The van der Waals surface area contributed by atoms with Crippen LogP contribution in [0.3, 0.4) is 0 Å². The maximum absolute atomic E-state index is 12.6. The van der Waals surface area contributed by atoms with Gasteiger partial charge < -0.3 is 14.4 Å². The van der Waals surface area contributed by atoms with E-state index in [0.717, 1.165) is 43.7 Å². The van der Waals surface area contributed by atoms with E-state index in [4.69, 9.17) is 9.47 Å². The molecule has 2 atom stereocenters. The quantitative estimate of drug-likeness (QED) is 0.449. The lowest BCUT2D eigenvalue weighted by Gasteiger charge is -2.44. The Morgan fingerprint density at radius 3 is 2.33 bits per heavy atom. The van der Waals surface area contributed by atoms with Crippen LogP contribution in [0.15, 0.2) is 48.5 Å². The number of nitrogens with zero attached hydrogens (tertiary/aromatic N) is 1. The summed E-state index contributed by atoms with van der Waals surface area (Å²) in [6, 6.07) is 17.1. The van der Waals surface area contributed by atoms with E-state index < -0.39 is 0 Å². The third-order valence-electron chi connectivity index (χ3n) is 6.89. The molecule has 0 bridgehead atoms. The molecule has 0 N–H and O–H groups in total. The summed E-state index contributed by atoms with van der Waals surface area (Å²) >= 11 is 0. The molecule has 180 valence electrons. The number of ether oxygens (including phenoxy) is 2. The van der Waals surface area contributed by atoms with Crippen LogP contribution in [0.1, 0.15) is 70.6 Å². The van der Waals surface area contributed by atoms with Crippen LogP contribution in [0, 0.1) is 12.8 Å². The lowest BCUT2D eigenvalue weighted by molar-refractivity contribution is -0.130. The van der Waals surface area contributed by atoms with E-state index in [1.807, 2.05) is 30.9 Å². The second kappa shape index (κ2) is 11.2. The molecule has 0 aromatic heterocycles. The molecular weight excluding hydrogens is 410 g/mol. The van der Waals surface area contributed by atoms with Crippen LogP contribution in [0.25, 0.3) is 0 Å². The zero-order chi connectivity index (χ0) is 24.0. The van der Waals surface area contributed by atoms with E-state index in [0.29, 0.717) is 12.5 Å². The van der Waals surface area contributed by atoms with Crippen molar-refractivity contribution in [2.45, 2.75) is 85.0 Å². The van der Waals surface area contributed by atoms with Gasteiger partial charge in [-0.15, -0.1) is 0 Å². The van der Waals surface area contributed by atoms with Crippen molar-refractivity contribution in [3.63, 3.8) is 0 Å². The lowest BCUT2D eigenvalue weighted by Crippen LogP contribution is -2.43. The van der Waals surface area contributed by atoms with Gasteiger partial charge in [0.1, 0.15) is 5.75 Å². The number of amides is 1. The Kier molecular flexibility index (Phi) is 8.58. The van der Waals surface area contributed by atoms with Gasteiger partial charge in [-0.05, 0) is 69.2 Å². The minimum Gasteiger partial charge on any atom is -0.491 e. The second-order valence-corrected chi connectivity index (χ2v) is 10.3. The molecule has 4 heteroatoms. The number of carbonyl (C=O) groups is 1. The molecule has 0 radical (unpaired) electrons. The van der Waals surface area contributed by atoms with Crippen LogP contribution in [0.4, 0.5) is 0 Å². The summed E-state index contributed by atoms with van der Waals surface area (Å²) in [5.41, 5.74) is 3.80. The zero-order valence-corrected chi connectivity index (χ0v) is 21.3. The number of hydrogen-bond acceptors (Lipinski definition) is 3. The Morgan fingerprint density at radius 2 is 1.76 bits per heavy atom. The molecule has 1 saturated heterocycles. The first-order chi connectivity index (χ1) is 15.7. The molecule has 1 heterocycles. The summed E-state index contributed by atoms with van der Waals surface area (Å²) < 4.78 is 11.9. The first-order valence-electron chi connectivity index (χ1n) is 12.4. The number of hydrogen-bond donors (Lipinski definition) is 0. The van der Waals surface area contributed by atoms with Crippen molar-refractivity contribution in [2.75, 3.05) is 13.2 Å². The maximum Gasteiger partial charge on any atom is 0.219 e. The third kappa shape index (κ3) is 6.83. The molecule has 0 unspecified atom stereocenters. The predicted molar refractivity (Wildman–Crippen MR) is 135 cm³/mol. The minimum absolute atomic E-state index is 0.0313. The number of carbonyl (C=O) groups excluding carboxylic acids is 1. The maximum atomic E-state index is 12.6. The second-order valence-electron chi connectivity index (χ2n) is 10.3. The molecule has 4 nitrogen and oxygen atoms in total. The smallest absolute Gasteiger partial charge is 0.219 e. The number of benzene rings is 2. The SMILES string of the molecule is CC(=O)N(CC[C@]1(c2ccc(C)cc2)CCO[C@H](C(C)C)C1)Cc1ccc(OC(C)C)cc1. The minimum atomic E-state index is 0.0313. The molecule has 0 spiro atoms. The summed E-state index contributed by atoms with van der Waals surface area (Å²) in [7, 11) is 0. The molecule has 0 aliphatic carbocycles. The van der Waals surface area contributed by atoms with E-state index in [1.165, 1.54) is 11.1 Å². The van der Waals surface area contributed by atoms with Gasteiger partial charge in [-0.25, -0.2) is 0 Å². The molecular formula is C29H41NO3. The van der Waals surface area contributed by atoms with Crippen molar-refractivity contribution < 1.29 is 14.3 Å². The van der Waals surface area contributed by atoms with E-state index in [-0.39, 0.29) is 23.5 Å². The standard InChI is InChI=1S/C29H41NO3/c1-21(2)28-19-29(16-18-32-28,26-11-7-23(5)8-12-26)15-17-30(24(6)31)20-25-9-13-27(14-10-25)33-22(3)4/h7-14,21-22,28H,15-20H2,1-6H3/t28-,29-/m0/s1. The van der Waals surface area contributed by atoms with Crippen molar-refractivity contribution in [1.29, 1.82) is 0 Å². The highest BCUT2D eigenvalue weighted by molar-refractivity contribution is 5.73. The number of aryl methyl sites for hydroxylation is 1. The highest BCUT2D eigenvalue weighted by atomic mass is 16.5. The van der Waals surface area contributed by atoms with Gasteiger partial charge in [0, 0.05) is 32.0 Å². The first-order valence-corrected chi connectivity index (χ1v) is 12.4. The summed E-state index contributed by atoms with van der Waals surface area (Å²) in [6.45, 7) is 14.5. The van der Waals surface area contributed by atoms with Crippen molar-refractivity contribution in [2.24, 2.45) is 5.92 Å². The Hall–Kier alpha value is -2.33. The normalized spacial score (nSPS) is 20.8. The third-order valence-corrected chi connectivity index (χ3v) is 6.89. The average molecular weight is 452 g/mol. The monoisotopic (exact) mass is 451 g/mol. The summed E-state index contributed by atoms with van der Waals surface area (Å²) in [4.78, 5) is 14.5. The fraction of sp³-hybridized carbons (Fsp3) is 0.552. The fourth-order valence-corrected chi connectivity index (χ4v) is 4.78. The van der Waals surface area contributed by atoms with Crippen LogP contribution >= 0.6 is 0 Å². The van der Waals surface area contributed by atoms with Crippen molar-refractivity contribution >= 4 is 5.91 Å². The van der Waals surface area contributed by atoms with E-state index in [2.05, 4.69) is 57.2 Å². The van der Waals surface area contributed by atoms with E-state index >= 15 is 0 Å². The van der Waals surface area contributed by atoms with Gasteiger partial charge in [-0.3, -0.25) is 4.79 Å². The Labute approximate surface area is 200 Å². The van der Waals surface area contributed by atoms with Gasteiger partial charge in [0.2, 0.25) is 5.91 Å². The van der Waals surface area contributed by atoms with Crippen LogP contribution in [-0.2, 0) is 21.5 Å². The van der Waals surface area contributed by atoms with Crippen LogP contribution in [0.2, 0.25) is 0 Å². The lowest BCUT2D eigenvalue weighted by atomic mass is 9.68.